The summed E-state index contributed by atoms with van der Waals surface area (Å²) < 4.78 is 0. The molecule has 0 bridgehead atoms. The molecule has 4 aromatic carbocycles. The molecule has 38 heavy (non-hydrogen) atoms. The molecule has 5 aromatic rings. The van der Waals surface area contributed by atoms with E-state index in [1.807, 2.05) is 18.2 Å². The van der Waals surface area contributed by atoms with Crippen molar-refractivity contribution in [2.24, 2.45) is 0 Å². The first kappa shape index (κ1) is 24.5. The number of benzene rings is 4. The van der Waals surface area contributed by atoms with E-state index in [0.717, 1.165) is 28.7 Å². The van der Waals surface area contributed by atoms with Crippen molar-refractivity contribution in [3.8, 4) is 45.0 Å². The van der Waals surface area contributed by atoms with Gasteiger partial charge in [-0.3, -0.25) is 0 Å². The van der Waals surface area contributed by atoms with E-state index in [1.54, 1.807) is 0 Å². The van der Waals surface area contributed by atoms with Crippen molar-refractivity contribution in [2.45, 2.75) is 44.9 Å². The molecule has 1 aliphatic carbocycles. The summed E-state index contributed by atoms with van der Waals surface area (Å²) in [7, 11) is 0. The van der Waals surface area contributed by atoms with Crippen LogP contribution >= 0.6 is 11.6 Å². The second-order valence-corrected chi connectivity index (χ2v) is 11.8. The van der Waals surface area contributed by atoms with Crippen LogP contribution in [-0.4, -0.2) is 15.0 Å². The highest BCUT2D eigenvalue weighted by atomic mass is 35.5. The second-order valence-electron chi connectivity index (χ2n) is 11.5. The largest absolute Gasteiger partial charge is 0.226 e. The number of aromatic nitrogens is 3. The van der Waals surface area contributed by atoms with Gasteiger partial charge in [0.25, 0.3) is 0 Å². The Bertz CT molecular complexity index is 1650. The van der Waals surface area contributed by atoms with Gasteiger partial charge in [-0.05, 0) is 80.4 Å². The van der Waals surface area contributed by atoms with Crippen LogP contribution in [0.15, 0.2) is 97.1 Å². The molecule has 1 aliphatic rings. The molecule has 4 heteroatoms. The van der Waals surface area contributed by atoms with Crippen LogP contribution in [0.2, 0.25) is 5.28 Å². The minimum Gasteiger partial charge on any atom is -0.208 e. The Kier molecular flexibility index (Phi) is 5.92. The number of rotatable bonds is 4. The third-order valence-corrected chi connectivity index (χ3v) is 7.82. The van der Waals surface area contributed by atoms with Gasteiger partial charge in [0.15, 0.2) is 11.6 Å². The van der Waals surface area contributed by atoms with Crippen molar-refractivity contribution in [1.29, 1.82) is 0 Å². The van der Waals surface area contributed by atoms with Crippen molar-refractivity contribution in [3.63, 3.8) is 0 Å². The average molecular weight is 516 g/mol. The number of fused-ring (bicyclic) bond motifs is 1. The Morgan fingerprint density at radius 3 is 1.66 bits per heavy atom. The quantitative estimate of drug-likeness (QED) is 0.239. The fraction of sp³-hybridized carbons (Fsp3) is 0.206. The van der Waals surface area contributed by atoms with Crippen molar-refractivity contribution in [2.75, 3.05) is 0 Å². The van der Waals surface area contributed by atoms with Crippen LogP contribution in [0.1, 0.15) is 45.2 Å². The molecule has 1 heterocycles. The maximum Gasteiger partial charge on any atom is 0.226 e. The van der Waals surface area contributed by atoms with Gasteiger partial charge in [-0.15, -0.1) is 0 Å². The average Bonchev–Trinajstić information content (AvgIpc) is 3.11. The molecule has 0 fully saturated rings. The van der Waals surface area contributed by atoms with Crippen molar-refractivity contribution in [1.82, 2.24) is 15.0 Å². The number of hydrogen-bond acceptors (Lipinski definition) is 3. The normalized spacial score (nSPS) is 15.3. The van der Waals surface area contributed by atoms with Crippen LogP contribution in [0.3, 0.4) is 0 Å². The summed E-state index contributed by atoms with van der Waals surface area (Å²) in [4.78, 5) is 13.9. The Labute approximate surface area is 229 Å². The summed E-state index contributed by atoms with van der Waals surface area (Å²) in [5.41, 5.74) is 9.48. The number of hydrogen-bond donors (Lipinski definition) is 0. The minimum atomic E-state index is 0.0944. The van der Waals surface area contributed by atoms with Gasteiger partial charge in [0.1, 0.15) is 0 Å². The Hall–Kier alpha value is -3.82. The maximum absolute atomic E-state index is 6.45. The molecule has 0 saturated heterocycles. The summed E-state index contributed by atoms with van der Waals surface area (Å²) in [5, 5.41) is 0.196. The molecule has 0 radical (unpaired) electrons. The fourth-order valence-corrected chi connectivity index (χ4v) is 6.24. The van der Waals surface area contributed by atoms with Gasteiger partial charge in [-0.2, -0.15) is 9.97 Å². The molecule has 0 amide bonds. The molecule has 6 rings (SSSR count). The zero-order valence-corrected chi connectivity index (χ0v) is 22.9. The van der Waals surface area contributed by atoms with Crippen LogP contribution in [0.4, 0.5) is 0 Å². The van der Waals surface area contributed by atoms with E-state index >= 15 is 0 Å². The highest BCUT2D eigenvalue weighted by molar-refractivity contribution is 6.28. The topological polar surface area (TPSA) is 38.7 Å². The summed E-state index contributed by atoms with van der Waals surface area (Å²) >= 11 is 6.45. The van der Waals surface area contributed by atoms with E-state index < -0.39 is 0 Å². The standard InChI is InChI=1S/C34H30ClN3/c1-33(2)21-34(3,4)29-20-27(16-17-28(29)33)31-36-30(37-32(35)38-31)26-15-9-14-25(19-26)24-13-8-12-23(18-24)22-10-6-5-7-11-22/h5-20H,21H2,1-4H3. The molecular formula is C34H30ClN3. The van der Waals surface area contributed by atoms with Gasteiger partial charge in [0.05, 0.1) is 0 Å². The fourth-order valence-electron chi connectivity index (χ4n) is 6.08. The number of halogens is 1. The van der Waals surface area contributed by atoms with Gasteiger partial charge < -0.3 is 0 Å². The van der Waals surface area contributed by atoms with E-state index in [0.29, 0.717) is 11.6 Å². The van der Waals surface area contributed by atoms with Crippen LogP contribution < -0.4 is 0 Å². The summed E-state index contributed by atoms with van der Waals surface area (Å²) in [6.07, 6.45) is 1.11. The maximum atomic E-state index is 6.45. The van der Waals surface area contributed by atoms with Crippen molar-refractivity contribution < 1.29 is 0 Å². The monoisotopic (exact) mass is 515 g/mol. The Morgan fingerprint density at radius 2 is 1.00 bits per heavy atom. The van der Waals surface area contributed by atoms with Crippen molar-refractivity contribution in [3.05, 3.63) is 113 Å². The van der Waals surface area contributed by atoms with Gasteiger partial charge in [-0.25, -0.2) is 4.98 Å². The van der Waals surface area contributed by atoms with Gasteiger partial charge >= 0.3 is 0 Å². The molecule has 1 aromatic heterocycles. The molecule has 0 unspecified atom stereocenters. The van der Waals surface area contributed by atoms with Crippen LogP contribution in [0.25, 0.3) is 45.0 Å². The van der Waals surface area contributed by atoms with Gasteiger partial charge in [0.2, 0.25) is 5.28 Å². The first-order valence-electron chi connectivity index (χ1n) is 13.0. The lowest BCUT2D eigenvalue weighted by molar-refractivity contribution is 0.403. The van der Waals surface area contributed by atoms with Crippen LogP contribution in [0.5, 0.6) is 0 Å². The first-order valence-corrected chi connectivity index (χ1v) is 13.4. The van der Waals surface area contributed by atoms with E-state index in [2.05, 4.69) is 117 Å². The molecule has 0 atom stereocenters. The molecule has 0 aliphatic heterocycles. The third-order valence-electron chi connectivity index (χ3n) is 7.65. The predicted molar refractivity (Wildman–Crippen MR) is 157 cm³/mol. The van der Waals surface area contributed by atoms with E-state index in [-0.39, 0.29) is 16.1 Å². The molecule has 0 spiro atoms. The summed E-state index contributed by atoms with van der Waals surface area (Å²) in [6, 6.07) is 33.9. The smallest absolute Gasteiger partial charge is 0.208 e. The zero-order chi connectivity index (χ0) is 26.5. The van der Waals surface area contributed by atoms with E-state index in [9.17, 15) is 0 Å². The lowest BCUT2D eigenvalue weighted by Gasteiger charge is -2.22. The SMILES string of the molecule is CC1(C)CC(C)(C)c2cc(-c3nc(Cl)nc(-c4cccc(-c5cccc(-c6ccccc6)c5)c4)n3)ccc21. The van der Waals surface area contributed by atoms with Crippen molar-refractivity contribution >= 4 is 11.6 Å². The number of nitrogens with zero attached hydrogens (tertiary/aromatic N) is 3. The highest BCUT2D eigenvalue weighted by Crippen LogP contribution is 2.50. The van der Waals surface area contributed by atoms with Gasteiger partial charge in [-0.1, -0.05) is 107 Å². The predicted octanol–water partition coefficient (Wildman–Crippen LogP) is 9.15. The molecule has 0 N–H and O–H groups in total. The first-order chi connectivity index (χ1) is 18.2. The summed E-state index contributed by atoms with van der Waals surface area (Å²) in [6.45, 7) is 9.27. The molecule has 188 valence electrons. The van der Waals surface area contributed by atoms with E-state index in [1.165, 1.54) is 22.3 Å². The van der Waals surface area contributed by atoms with E-state index in [4.69, 9.17) is 16.6 Å². The Balaban J connectivity index is 1.38. The lowest BCUT2D eigenvalue weighted by Crippen LogP contribution is -2.17. The van der Waals surface area contributed by atoms with Crippen LogP contribution in [-0.2, 0) is 10.8 Å². The highest BCUT2D eigenvalue weighted by Gasteiger charge is 2.41. The zero-order valence-electron chi connectivity index (χ0n) is 22.2. The lowest BCUT2D eigenvalue weighted by atomic mass is 9.82. The van der Waals surface area contributed by atoms with Gasteiger partial charge in [0, 0.05) is 11.1 Å². The second kappa shape index (κ2) is 9.18. The summed E-state index contributed by atoms with van der Waals surface area (Å²) in [5.74, 6) is 1.17. The van der Waals surface area contributed by atoms with Crippen LogP contribution in [0, 0.1) is 0 Å². The minimum absolute atomic E-state index is 0.0944. The molecule has 0 saturated carbocycles. The Morgan fingerprint density at radius 1 is 0.500 bits per heavy atom. The third kappa shape index (κ3) is 4.52. The molecule has 3 nitrogen and oxygen atoms in total. The molecular weight excluding hydrogens is 486 g/mol.